The maximum atomic E-state index is 11.7. The van der Waals surface area contributed by atoms with Crippen molar-refractivity contribution in [3.8, 4) is 11.5 Å². The third-order valence-electron chi connectivity index (χ3n) is 5.87. The van der Waals surface area contributed by atoms with E-state index >= 15 is 0 Å². The van der Waals surface area contributed by atoms with Gasteiger partial charge in [0.2, 0.25) is 0 Å². The summed E-state index contributed by atoms with van der Waals surface area (Å²) in [5, 5.41) is 1.10. The van der Waals surface area contributed by atoms with Gasteiger partial charge in [-0.15, -0.1) is 0 Å². The van der Waals surface area contributed by atoms with Crippen LogP contribution in [0.15, 0.2) is 29.2 Å². The molecule has 0 radical (unpaired) electrons. The first-order valence-electron chi connectivity index (χ1n) is 10.7. The van der Waals surface area contributed by atoms with Crippen LogP contribution in [0.4, 0.5) is 5.69 Å². The highest BCUT2D eigenvalue weighted by atomic mass is 35.5. The van der Waals surface area contributed by atoms with Crippen molar-refractivity contribution < 1.29 is 17.9 Å². The molecule has 0 spiro atoms. The Hall–Kier alpha value is -1.38. The molecule has 2 aromatic rings. The molecule has 2 aromatic carbocycles. The number of sulfone groups is 1. The van der Waals surface area contributed by atoms with E-state index in [0.717, 1.165) is 60.9 Å². The number of halogens is 3. The average Bonchev–Trinajstić information content (AvgIpc) is 3.02. The summed E-state index contributed by atoms with van der Waals surface area (Å²) in [6, 6.07) is 6.72. The van der Waals surface area contributed by atoms with Crippen molar-refractivity contribution in [1.29, 1.82) is 0 Å². The van der Waals surface area contributed by atoms with E-state index in [1.807, 2.05) is 12.1 Å². The standard InChI is InChI=1S/C23H27Cl3N2O4S/c1-23(2)14-15-10-16(24)11-20(21(15)32-23)28-6-4-27(5-7-28)8-9-31-22-18(25)12-17(13-19(22)26)33(3,29)30/h10-13H,4-9,14H2,1-3H3. The predicted octanol–water partition coefficient (Wildman–Crippen LogP) is 4.96. The van der Waals surface area contributed by atoms with Crippen molar-refractivity contribution in [2.24, 2.45) is 0 Å². The number of hydrogen-bond acceptors (Lipinski definition) is 6. The number of ether oxygens (including phenoxy) is 2. The van der Waals surface area contributed by atoms with Gasteiger partial charge in [-0.2, -0.15) is 0 Å². The van der Waals surface area contributed by atoms with Crippen LogP contribution in [0.25, 0.3) is 0 Å². The first-order valence-corrected chi connectivity index (χ1v) is 13.8. The number of anilines is 1. The molecule has 0 aliphatic carbocycles. The largest absolute Gasteiger partial charge is 0.489 e. The zero-order valence-electron chi connectivity index (χ0n) is 18.8. The Morgan fingerprint density at radius 2 is 1.67 bits per heavy atom. The van der Waals surface area contributed by atoms with Crippen LogP contribution in [-0.4, -0.2) is 64.5 Å². The molecule has 0 unspecified atom stereocenters. The molecule has 0 saturated carbocycles. The smallest absolute Gasteiger partial charge is 0.175 e. The summed E-state index contributed by atoms with van der Waals surface area (Å²) >= 11 is 18.8. The van der Waals surface area contributed by atoms with Gasteiger partial charge in [0.15, 0.2) is 15.6 Å². The van der Waals surface area contributed by atoms with E-state index in [9.17, 15) is 8.42 Å². The molecule has 10 heteroatoms. The maximum absolute atomic E-state index is 11.7. The predicted molar refractivity (Wildman–Crippen MR) is 134 cm³/mol. The maximum Gasteiger partial charge on any atom is 0.175 e. The van der Waals surface area contributed by atoms with E-state index in [-0.39, 0.29) is 20.5 Å². The van der Waals surface area contributed by atoms with Crippen LogP contribution >= 0.6 is 34.8 Å². The Morgan fingerprint density at radius 1 is 1.03 bits per heavy atom. The van der Waals surface area contributed by atoms with Crippen molar-refractivity contribution >= 4 is 50.3 Å². The normalized spacial score (nSPS) is 18.2. The topological polar surface area (TPSA) is 59.1 Å². The van der Waals surface area contributed by atoms with Gasteiger partial charge < -0.3 is 14.4 Å². The lowest BCUT2D eigenvalue weighted by atomic mass is 10.0. The molecule has 180 valence electrons. The average molecular weight is 534 g/mol. The molecular formula is C23H27Cl3N2O4S. The SMILES string of the molecule is CC1(C)Cc2cc(Cl)cc(N3CCN(CCOc4c(Cl)cc(S(C)(=O)=O)cc4Cl)CC3)c2O1. The number of rotatable bonds is 6. The third-order valence-corrected chi connectivity index (χ3v) is 7.74. The highest BCUT2D eigenvalue weighted by Gasteiger charge is 2.34. The van der Waals surface area contributed by atoms with Crippen molar-refractivity contribution in [1.82, 2.24) is 4.90 Å². The quantitative estimate of drug-likeness (QED) is 0.523. The van der Waals surface area contributed by atoms with Crippen LogP contribution < -0.4 is 14.4 Å². The Kier molecular flexibility index (Phi) is 7.00. The first-order chi connectivity index (χ1) is 15.4. The van der Waals surface area contributed by atoms with Gasteiger partial charge in [-0.3, -0.25) is 4.90 Å². The van der Waals surface area contributed by atoms with Gasteiger partial charge in [0, 0.05) is 56.0 Å². The molecule has 0 aromatic heterocycles. The second-order valence-corrected chi connectivity index (χ2v) is 12.4. The second-order valence-electron chi connectivity index (χ2n) is 9.12. The summed E-state index contributed by atoms with van der Waals surface area (Å²) in [5.41, 5.74) is 2.00. The summed E-state index contributed by atoms with van der Waals surface area (Å²) in [4.78, 5) is 4.70. The van der Waals surface area contributed by atoms with Gasteiger partial charge in [-0.25, -0.2) is 8.42 Å². The number of fused-ring (bicyclic) bond motifs is 1. The Bertz CT molecular complexity index is 1140. The Labute approximate surface area is 210 Å². The molecule has 2 heterocycles. The molecule has 0 bridgehead atoms. The van der Waals surface area contributed by atoms with Gasteiger partial charge in [0.25, 0.3) is 0 Å². The highest BCUT2D eigenvalue weighted by molar-refractivity contribution is 7.90. The molecule has 6 nitrogen and oxygen atoms in total. The summed E-state index contributed by atoms with van der Waals surface area (Å²) in [5.74, 6) is 1.25. The van der Waals surface area contributed by atoms with Gasteiger partial charge in [0.05, 0.1) is 20.6 Å². The van der Waals surface area contributed by atoms with Crippen LogP contribution in [0, 0.1) is 0 Å². The summed E-state index contributed by atoms with van der Waals surface area (Å²) < 4.78 is 35.5. The summed E-state index contributed by atoms with van der Waals surface area (Å²) in [6.45, 7) is 8.70. The van der Waals surface area contributed by atoms with Gasteiger partial charge in [0.1, 0.15) is 18.0 Å². The van der Waals surface area contributed by atoms with E-state index < -0.39 is 9.84 Å². The number of nitrogens with zero attached hydrogens (tertiary/aromatic N) is 2. The van der Waals surface area contributed by atoms with Gasteiger partial charge in [-0.05, 0) is 38.1 Å². The van der Waals surface area contributed by atoms with Crippen molar-refractivity contribution in [3.63, 3.8) is 0 Å². The molecule has 0 N–H and O–H groups in total. The van der Waals surface area contributed by atoms with Crippen molar-refractivity contribution in [3.05, 3.63) is 44.9 Å². The second kappa shape index (κ2) is 9.34. The summed E-state index contributed by atoms with van der Waals surface area (Å²) in [7, 11) is -3.40. The summed E-state index contributed by atoms with van der Waals surface area (Å²) in [6.07, 6.45) is 1.96. The Morgan fingerprint density at radius 3 is 2.27 bits per heavy atom. The highest BCUT2D eigenvalue weighted by Crippen LogP contribution is 2.44. The fourth-order valence-electron chi connectivity index (χ4n) is 4.27. The van der Waals surface area contributed by atoms with Crippen LogP contribution in [0.3, 0.4) is 0 Å². The molecule has 1 fully saturated rings. The lowest BCUT2D eigenvalue weighted by Gasteiger charge is -2.36. The first kappa shape index (κ1) is 24.7. The van der Waals surface area contributed by atoms with Crippen LogP contribution in [0.1, 0.15) is 19.4 Å². The molecule has 4 rings (SSSR count). The molecule has 1 saturated heterocycles. The van der Waals surface area contributed by atoms with Gasteiger partial charge in [-0.1, -0.05) is 34.8 Å². The van der Waals surface area contributed by atoms with Crippen LogP contribution in [-0.2, 0) is 16.3 Å². The van der Waals surface area contributed by atoms with E-state index in [1.54, 1.807) is 0 Å². The fourth-order valence-corrected chi connectivity index (χ4v) is 5.89. The van der Waals surface area contributed by atoms with E-state index in [0.29, 0.717) is 18.9 Å². The van der Waals surface area contributed by atoms with Crippen molar-refractivity contribution in [2.75, 3.05) is 50.5 Å². The molecular weight excluding hydrogens is 507 g/mol. The minimum Gasteiger partial charge on any atom is -0.489 e. The van der Waals surface area contributed by atoms with E-state index in [2.05, 4.69) is 23.6 Å². The molecule has 0 amide bonds. The van der Waals surface area contributed by atoms with Gasteiger partial charge >= 0.3 is 0 Å². The number of piperazine rings is 1. The molecule has 2 aliphatic rings. The monoisotopic (exact) mass is 532 g/mol. The zero-order valence-corrected chi connectivity index (χ0v) is 21.9. The number of benzene rings is 2. The number of hydrogen-bond donors (Lipinski definition) is 0. The molecule has 0 atom stereocenters. The lowest BCUT2D eigenvalue weighted by Crippen LogP contribution is -2.47. The molecule has 33 heavy (non-hydrogen) atoms. The van der Waals surface area contributed by atoms with Crippen molar-refractivity contribution in [2.45, 2.75) is 30.8 Å². The molecule has 2 aliphatic heterocycles. The van der Waals surface area contributed by atoms with Crippen LogP contribution in [0.5, 0.6) is 11.5 Å². The lowest BCUT2D eigenvalue weighted by molar-refractivity contribution is 0.138. The minimum absolute atomic E-state index is 0.0702. The minimum atomic E-state index is -3.40. The van der Waals surface area contributed by atoms with E-state index in [1.165, 1.54) is 12.1 Å². The van der Waals surface area contributed by atoms with Crippen LogP contribution in [0.2, 0.25) is 15.1 Å². The zero-order chi connectivity index (χ0) is 24.0. The van der Waals surface area contributed by atoms with E-state index in [4.69, 9.17) is 44.3 Å². The third kappa shape index (κ3) is 5.65. The Balaban J connectivity index is 1.34. The fraction of sp³-hybridized carbons (Fsp3) is 0.478.